The molecule has 0 aliphatic rings. The Morgan fingerprint density at radius 2 is 1.90 bits per heavy atom. The summed E-state index contributed by atoms with van der Waals surface area (Å²) < 4.78 is 27.3. The Morgan fingerprint density at radius 3 is 2.63 bits per heavy atom. The van der Waals surface area contributed by atoms with E-state index in [0.29, 0.717) is 19.5 Å². The standard InChI is InChI=1S/C20H25N5O4S/c1-24(2)12-11-23-30(28,29)16-7-8-19(20(13-16)25(26)27)21-10-9-15-14-22-18-6-4-3-5-17(15)18/h3-8,13-14,21-23H,9-12H2,1-2H3. The van der Waals surface area contributed by atoms with Gasteiger partial charge in [-0.1, -0.05) is 18.2 Å². The van der Waals surface area contributed by atoms with Crippen LogP contribution >= 0.6 is 0 Å². The van der Waals surface area contributed by atoms with Crippen LogP contribution < -0.4 is 10.0 Å². The second-order valence-electron chi connectivity index (χ2n) is 7.17. The van der Waals surface area contributed by atoms with Crippen molar-refractivity contribution in [1.29, 1.82) is 0 Å². The average Bonchev–Trinajstić information content (AvgIpc) is 3.10. The molecule has 3 N–H and O–H groups in total. The Hall–Kier alpha value is -2.95. The second-order valence-corrected chi connectivity index (χ2v) is 8.94. The Morgan fingerprint density at radius 1 is 1.13 bits per heavy atom. The summed E-state index contributed by atoms with van der Waals surface area (Å²) >= 11 is 0. The van der Waals surface area contributed by atoms with Crippen molar-refractivity contribution in [2.45, 2.75) is 11.3 Å². The summed E-state index contributed by atoms with van der Waals surface area (Å²) in [6.07, 6.45) is 2.59. The summed E-state index contributed by atoms with van der Waals surface area (Å²) in [6.45, 7) is 1.21. The minimum Gasteiger partial charge on any atom is -0.379 e. The van der Waals surface area contributed by atoms with Crippen molar-refractivity contribution in [1.82, 2.24) is 14.6 Å². The first-order valence-corrected chi connectivity index (χ1v) is 11.0. The van der Waals surface area contributed by atoms with E-state index in [1.165, 1.54) is 12.1 Å². The van der Waals surface area contributed by atoms with E-state index >= 15 is 0 Å². The number of nitrogens with zero attached hydrogens (tertiary/aromatic N) is 2. The number of nitro benzene ring substituents is 1. The molecule has 30 heavy (non-hydrogen) atoms. The molecule has 0 aliphatic heterocycles. The van der Waals surface area contributed by atoms with Gasteiger partial charge >= 0.3 is 0 Å². The average molecular weight is 432 g/mol. The fraction of sp³-hybridized carbons (Fsp3) is 0.300. The first-order chi connectivity index (χ1) is 14.3. The van der Waals surface area contributed by atoms with E-state index in [1.807, 2.05) is 49.5 Å². The van der Waals surface area contributed by atoms with Crippen LogP contribution in [0.3, 0.4) is 0 Å². The zero-order valence-corrected chi connectivity index (χ0v) is 17.7. The minimum atomic E-state index is -3.82. The van der Waals surface area contributed by atoms with E-state index in [4.69, 9.17) is 0 Å². The topological polar surface area (TPSA) is 120 Å². The first kappa shape index (κ1) is 21.8. The monoisotopic (exact) mass is 431 g/mol. The normalized spacial score (nSPS) is 11.8. The first-order valence-electron chi connectivity index (χ1n) is 9.49. The molecule has 3 aromatic rings. The number of nitro groups is 1. The molecule has 1 aromatic heterocycles. The third-order valence-electron chi connectivity index (χ3n) is 4.71. The van der Waals surface area contributed by atoms with Gasteiger partial charge in [0, 0.05) is 42.8 Å². The molecular formula is C20H25N5O4S. The molecule has 160 valence electrons. The number of hydrogen-bond acceptors (Lipinski definition) is 6. The molecule has 0 spiro atoms. The van der Waals surface area contributed by atoms with Gasteiger partial charge in [-0.2, -0.15) is 0 Å². The lowest BCUT2D eigenvalue weighted by Crippen LogP contribution is -2.31. The number of nitrogens with one attached hydrogen (secondary N) is 3. The number of anilines is 1. The van der Waals surface area contributed by atoms with Crippen LogP contribution in [0.5, 0.6) is 0 Å². The molecule has 10 heteroatoms. The molecule has 0 atom stereocenters. The molecule has 0 radical (unpaired) electrons. The van der Waals surface area contributed by atoms with Crippen molar-refractivity contribution in [3.8, 4) is 0 Å². The van der Waals surface area contributed by atoms with Gasteiger partial charge in [0.1, 0.15) is 5.69 Å². The summed E-state index contributed by atoms with van der Waals surface area (Å²) in [6, 6.07) is 11.8. The van der Waals surface area contributed by atoms with Crippen molar-refractivity contribution in [3.63, 3.8) is 0 Å². The van der Waals surface area contributed by atoms with Crippen molar-refractivity contribution >= 4 is 32.3 Å². The van der Waals surface area contributed by atoms with E-state index in [-0.39, 0.29) is 22.8 Å². The number of rotatable bonds is 10. The van der Waals surface area contributed by atoms with Gasteiger partial charge in [0.25, 0.3) is 5.69 Å². The summed E-state index contributed by atoms with van der Waals surface area (Å²) in [5.41, 5.74) is 2.15. The molecule has 0 amide bonds. The highest BCUT2D eigenvalue weighted by Crippen LogP contribution is 2.28. The molecule has 9 nitrogen and oxygen atoms in total. The number of aromatic amines is 1. The van der Waals surface area contributed by atoms with Gasteiger partial charge in [-0.05, 0) is 44.3 Å². The Balaban J connectivity index is 1.71. The third kappa shape index (κ3) is 5.15. The maximum absolute atomic E-state index is 12.4. The van der Waals surface area contributed by atoms with Crippen molar-refractivity contribution < 1.29 is 13.3 Å². The van der Waals surface area contributed by atoms with E-state index in [9.17, 15) is 18.5 Å². The van der Waals surface area contributed by atoms with Crippen LogP contribution in [0.25, 0.3) is 10.9 Å². The summed E-state index contributed by atoms with van der Waals surface area (Å²) in [7, 11) is -0.164. The minimum absolute atomic E-state index is 0.130. The van der Waals surface area contributed by atoms with Crippen molar-refractivity contribution in [3.05, 3.63) is 64.3 Å². The highest BCUT2D eigenvalue weighted by atomic mass is 32.2. The van der Waals surface area contributed by atoms with Gasteiger partial charge in [0.2, 0.25) is 10.0 Å². The van der Waals surface area contributed by atoms with Crippen LogP contribution in [0, 0.1) is 10.1 Å². The zero-order chi connectivity index (χ0) is 21.7. The molecule has 0 fully saturated rings. The van der Waals surface area contributed by atoms with Crippen molar-refractivity contribution in [2.75, 3.05) is 39.0 Å². The lowest BCUT2D eigenvalue weighted by atomic mass is 10.1. The number of fused-ring (bicyclic) bond motifs is 1. The zero-order valence-electron chi connectivity index (χ0n) is 16.9. The lowest BCUT2D eigenvalue weighted by Gasteiger charge is -2.12. The molecule has 0 bridgehead atoms. The van der Waals surface area contributed by atoms with E-state index in [2.05, 4.69) is 15.0 Å². The second kappa shape index (κ2) is 9.24. The fourth-order valence-corrected chi connectivity index (χ4v) is 4.18. The van der Waals surface area contributed by atoms with Gasteiger partial charge in [0.15, 0.2) is 0 Å². The van der Waals surface area contributed by atoms with Crippen LogP contribution in [0.2, 0.25) is 0 Å². The fourth-order valence-electron chi connectivity index (χ4n) is 3.14. The number of likely N-dealkylation sites (N-methyl/N-ethyl adjacent to an activating group) is 1. The molecule has 0 aliphatic carbocycles. The van der Waals surface area contributed by atoms with Crippen LogP contribution in [0.4, 0.5) is 11.4 Å². The molecule has 0 unspecified atom stereocenters. The molecule has 0 saturated carbocycles. The van der Waals surface area contributed by atoms with Gasteiger partial charge in [-0.25, -0.2) is 13.1 Å². The lowest BCUT2D eigenvalue weighted by molar-refractivity contribution is -0.384. The Bertz CT molecular complexity index is 1140. The largest absolute Gasteiger partial charge is 0.379 e. The summed E-state index contributed by atoms with van der Waals surface area (Å²) in [5.74, 6) is 0. The predicted molar refractivity (Wildman–Crippen MR) is 117 cm³/mol. The van der Waals surface area contributed by atoms with Gasteiger partial charge in [0.05, 0.1) is 9.82 Å². The number of aromatic nitrogens is 1. The predicted octanol–water partition coefficient (Wildman–Crippen LogP) is 2.57. The van der Waals surface area contributed by atoms with E-state index in [1.54, 1.807) is 0 Å². The van der Waals surface area contributed by atoms with E-state index in [0.717, 1.165) is 22.5 Å². The van der Waals surface area contributed by atoms with Gasteiger partial charge in [-0.15, -0.1) is 0 Å². The number of benzene rings is 2. The van der Waals surface area contributed by atoms with Crippen molar-refractivity contribution in [2.24, 2.45) is 0 Å². The van der Waals surface area contributed by atoms with Gasteiger partial charge in [-0.3, -0.25) is 10.1 Å². The maximum Gasteiger partial charge on any atom is 0.293 e. The summed E-state index contributed by atoms with van der Waals surface area (Å²) in [5, 5.41) is 15.7. The van der Waals surface area contributed by atoms with Crippen LogP contribution in [0.15, 0.2) is 53.6 Å². The third-order valence-corrected chi connectivity index (χ3v) is 6.17. The molecule has 0 saturated heterocycles. The molecule has 2 aromatic carbocycles. The number of sulfonamides is 1. The highest BCUT2D eigenvalue weighted by Gasteiger charge is 2.21. The highest BCUT2D eigenvalue weighted by molar-refractivity contribution is 7.89. The SMILES string of the molecule is CN(C)CCNS(=O)(=O)c1ccc(NCCc2c[nH]c3ccccc23)c([N+](=O)[O-])c1. The number of H-pyrrole nitrogens is 1. The maximum atomic E-state index is 12.4. The van der Waals surface area contributed by atoms with Crippen LogP contribution in [-0.2, 0) is 16.4 Å². The summed E-state index contributed by atoms with van der Waals surface area (Å²) in [4.78, 5) is 15.8. The quantitative estimate of drug-likeness (QED) is 0.335. The number of hydrogen-bond donors (Lipinski definition) is 3. The van der Waals surface area contributed by atoms with Crippen LogP contribution in [-0.4, -0.2) is 57.0 Å². The van der Waals surface area contributed by atoms with E-state index < -0.39 is 14.9 Å². The Labute approximate surface area is 175 Å². The Kier molecular flexibility index (Phi) is 6.70. The van der Waals surface area contributed by atoms with Gasteiger partial charge < -0.3 is 15.2 Å². The molecule has 1 heterocycles. The molecular weight excluding hydrogens is 406 g/mol. The van der Waals surface area contributed by atoms with Crippen LogP contribution in [0.1, 0.15) is 5.56 Å². The smallest absolute Gasteiger partial charge is 0.293 e. The number of para-hydroxylation sites is 1. The molecule has 3 rings (SSSR count).